The van der Waals surface area contributed by atoms with Crippen LogP contribution in [0.25, 0.3) is 0 Å². The normalized spacial score (nSPS) is 11.3. The molecule has 190 valence electrons. The molecule has 0 atom stereocenters. The molecule has 9 heteroatoms. The van der Waals surface area contributed by atoms with Crippen molar-refractivity contribution in [2.45, 2.75) is 59.9 Å². The zero-order valence-electron chi connectivity index (χ0n) is 21.2. The summed E-state index contributed by atoms with van der Waals surface area (Å²) < 4.78 is 11.6. The third-order valence-corrected chi connectivity index (χ3v) is 7.95. The van der Waals surface area contributed by atoms with Crippen LogP contribution in [0.3, 0.4) is 0 Å². The molecule has 0 bridgehead atoms. The molecule has 0 saturated heterocycles. The van der Waals surface area contributed by atoms with Gasteiger partial charge >= 0.3 is 0 Å². The number of rotatable bonds is 13. The summed E-state index contributed by atoms with van der Waals surface area (Å²) in [5, 5.41) is 7.70. The summed E-state index contributed by atoms with van der Waals surface area (Å²) in [7, 11) is 1.76. The van der Waals surface area contributed by atoms with Crippen molar-refractivity contribution in [3.8, 4) is 10.8 Å². The smallest absolute Gasteiger partial charge is 0.284 e. The van der Waals surface area contributed by atoms with Gasteiger partial charge in [0.15, 0.2) is 5.06 Å². The van der Waals surface area contributed by atoms with Gasteiger partial charge in [-0.3, -0.25) is 13.8 Å². The molecule has 1 amide bonds. The molecule has 0 spiro atoms. The highest BCUT2D eigenvalue weighted by molar-refractivity contribution is 7.95. The highest BCUT2D eigenvalue weighted by Gasteiger charge is 2.27. The second-order valence-electron chi connectivity index (χ2n) is 8.62. The van der Waals surface area contributed by atoms with Crippen molar-refractivity contribution in [1.82, 2.24) is 18.4 Å². The number of thiophene rings is 1. The van der Waals surface area contributed by atoms with Gasteiger partial charge in [0, 0.05) is 32.3 Å². The quantitative estimate of drug-likeness (QED) is 0.211. The fraction of sp³-hybridized carbons (Fsp3) is 0.462. The van der Waals surface area contributed by atoms with Crippen LogP contribution in [-0.2, 0) is 13.6 Å². The van der Waals surface area contributed by atoms with E-state index in [1.54, 1.807) is 27.4 Å². The lowest BCUT2D eigenvalue weighted by Gasteiger charge is -2.29. The molecule has 0 radical (unpaired) electrons. The minimum absolute atomic E-state index is 0.143. The Morgan fingerprint density at radius 3 is 2.31 bits per heavy atom. The summed E-state index contributed by atoms with van der Waals surface area (Å²) in [6.07, 6.45) is 4.38. The zero-order chi connectivity index (χ0) is 25.4. The molecule has 0 saturated carbocycles. The molecule has 0 aliphatic heterocycles. The van der Waals surface area contributed by atoms with Crippen molar-refractivity contribution in [3.63, 3.8) is 0 Å². The summed E-state index contributed by atoms with van der Waals surface area (Å²) >= 11 is 9.56. The monoisotopic (exact) mass is 534 g/mol. The van der Waals surface area contributed by atoms with Crippen LogP contribution in [0.1, 0.15) is 66.8 Å². The molecular weight excluding hydrogens is 500 g/mol. The number of aryl methyl sites for hydroxylation is 3. The number of amides is 1. The van der Waals surface area contributed by atoms with E-state index in [1.807, 2.05) is 37.3 Å². The second kappa shape index (κ2) is 13.3. The van der Waals surface area contributed by atoms with E-state index < -0.39 is 0 Å². The third kappa shape index (κ3) is 7.74. The SMILES string of the molecule is CCCCN(CCCC)SN(Cc1ccc(Oc2cc(C)cs2)cc1)C(=O)c1c(Cl)c(C)nn1C. The molecule has 35 heavy (non-hydrogen) atoms. The van der Waals surface area contributed by atoms with E-state index in [9.17, 15) is 4.79 Å². The molecule has 3 aromatic rings. The number of hydrogen-bond donors (Lipinski definition) is 0. The van der Waals surface area contributed by atoms with Gasteiger partial charge in [-0.05, 0) is 61.4 Å². The number of unbranched alkanes of at least 4 members (excludes halogenated alkanes) is 2. The van der Waals surface area contributed by atoms with Crippen LogP contribution in [0.5, 0.6) is 10.8 Å². The predicted octanol–water partition coefficient (Wildman–Crippen LogP) is 7.65. The number of halogens is 1. The maximum absolute atomic E-state index is 13.7. The van der Waals surface area contributed by atoms with Crippen LogP contribution in [0.15, 0.2) is 35.7 Å². The van der Waals surface area contributed by atoms with Crippen LogP contribution in [0, 0.1) is 13.8 Å². The molecule has 0 aliphatic carbocycles. The first-order valence-electron chi connectivity index (χ1n) is 12.1. The van der Waals surface area contributed by atoms with Gasteiger partial charge in [0.2, 0.25) is 0 Å². The first kappa shape index (κ1) is 27.6. The fourth-order valence-corrected chi connectivity index (χ4v) is 5.60. The number of hydrogen-bond acceptors (Lipinski definition) is 6. The van der Waals surface area contributed by atoms with Gasteiger partial charge in [0.05, 0.1) is 17.3 Å². The molecule has 0 unspecified atom stereocenters. The van der Waals surface area contributed by atoms with Crippen LogP contribution in [0.4, 0.5) is 0 Å². The highest BCUT2D eigenvalue weighted by Crippen LogP contribution is 2.30. The first-order valence-corrected chi connectivity index (χ1v) is 14.1. The Hall–Kier alpha value is -2.00. The van der Waals surface area contributed by atoms with Crippen molar-refractivity contribution < 1.29 is 9.53 Å². The number of aromatic nitrogens is 2. The van der Waals surface area contributed by atoms with E-state index in [4.69, 9.17) is 16.3 Å². The number of carbonyl (C=O) groups excluding carboxylic acids is 1. The fourth-order valence-electron chi connectivity index (χ4n) is 3.53. The first-order chi connectivity index (χ1) is 16.8. The van der Waals surface area contributed by atoms with Crippen molar-refractivity contribution >= 4 is 41.0 Å². The molecular formula is C26H35ClN4O2S2. The average Bonchev–Trinajstić information content (AvgIpc) is 3.36. The highest BCUT2D eigenvalue weighted by atomic mass is 35.5. The van der Waals surface area contributed by atoms with E-state index in [1.165, 1.54) is 17.7 Å². The Bertz CT molecular complexity index is 1090. The van der Waals surface area contributed by atoms with Crippen molar-refractivity contribution in [2.24, 2.45) is 7.05 Å². The number of benzene rings is 1. The van der Waals surface area contributed by atoms with Crippen molar-refractivity contribution in [3.05, 3.63) is 63.2 Å². The van der Waals surface area contributed by atoms with Gasteiger partial charge in [-0.2, -0.15) is 5.10 Å². The minimum atomic E-state index is -0.143. The second-order valence-corrected chi connectivity index (χ2v) is 11.0. The van der Waals surface area contributed by atoms with Crippen LogP contribution in [-0.4, -0.2) is 37.4 Å². The van der Waals surface area contributed by atoms with Crippen LogP contribution < -0.4 is 4.74 Å². The maximum Gasteiger partial charge on any atom is 0.284 e. The van der Waals surface area contributed by atoms with Crippen molar-refractivity contribution in [1.29, 1.82) is 0 Å². The number of ether oxygens (including phenoxy) is 1. The number of carbonyl (C=O) groups is 1. The van der Waals surface area contributed by atoms with E-state index in [-0.39, 0.29) is 5.91 Å². The zero-order valence-corrected chi connectivity index (χ0v) is 23.6. The molecule has 2 heterocycles. The van der Waals surface area contributed by atoms with E-state index in [0.717, 1.165) is 55.1 Å². The van der Waals surface area contributed by atoms with Crippen LogP contribution in [0.2, 0.25) is 5.02 Å². The van der Waals surface area contributed by atoms with E-state index in [0.29, 0.717) is 23.0 Å². The number of nitrogens with zero attached hydrogens (tertiary/aromatic N) is 4. The standard InChI is InChI=1S/C26H35ClN4O2S2/c1-6-8-14-30(15-9-7-2)35-31(26(32)25-24(27)20(4)28-29(25)5)17-21-10-12-22(13-11-21)33-23-16-19(3)18-34-23/h10-13,16,18H,6-9,14-15,17H2,1-5H3. The van der Waals surface area contributed by atoms with E-state index >= 15 is 0 Å². The Morgan fingerprint density at radius 1 is 1.14 bits per heavy atom. The summed E-state index contributed by atoms with van der Waals surface area (Å²) in [5.74, 6) is 0.634. The predicted molar refractivity (Wildman–Crippen MR) is 147 cm³/mol. The minimum Gasteiger partial charge on any atom is -0.447 e. The topological polar surface area (TPSA) is 50.6 Å². The van der Waals surface area contributed by atoms with Gasteiger partial charge < -0.3 is 4.74 Å². The molecule has 0 aliphatic rings. The average molecular weight is 535 g/mol. The third-order valence-electron chi connectivity index (χ3n) is 5.49. The molecule has 2 aromatic heterocycles. The lowest BCUT2D eigenvalue weighted by atomic mass is 10.2. The molecule has 6 nitrogen and oxygen atoms in total. The molecule has 1 aromatic carbocycles. The Balaban J connectivity index is 1.81. The van der Waals surface area contributed by atoms with Gasteiger partial charge in [0.25, 0.3) is 5.91 Å². The molecule has 0 N–H and O–H groups in total. The lowest BCUT2D eigenvalue weighted by Crippen LogP contribution is -2.32. The summed E-state index contributed by atoms with van der Waals surface area (Å²) in [4.78, 5) is 13.7. The summed E-state index contributed by atoms with van der Waals surface area (Å²) in [5.41, 5.74) is 3.27. The summed E-state index contributed by atoms with van der Waals surface area (Å²) in [6.45, 7) is 10.5. The van der Waals surface area contributed by atoms with E-state index in [2.05, 4.69) is 35.6 Å². The lowest BCUT2D eigenvalue weighted by molar-refractivity contribution is 0.0851. The Kier molecular flexibility index (Phi) is 10.5. The molecule has 0 fully saturated rings. The Morgan fingerprint density at radius 2 is 1.80 bits per heavy atom. The van der Waals surface area contributed by atoms with Gasteiger partial charge in [-0.1, -0.05) is 50.4 Å². The van der Waals surface area contributed by atoms with Gasteiger partial charge in [-0.25, -0.2) is 4.31 Å². The van der Waals surface area contributed by atoms with Crippen molar-refractivity contribution in [2.75, 3.05) is 13.1 Å². The largest absolute Gasteiger partial charge is 0.447 e. The maximum atomic E-state index is 13.7. The Labute approximate surface area is 222 Å². The van der Waals surface area contributed by atoms with Crippen LogP contribution >= 0.6 is 35.1 Å². The molecule has 3 rings (SSSR count). The summed E-state index contributed by atoms with van der Waals surface area (Å²) in [6, 6.07) is 9.94. The van der Waals surface area contributed by atoms with Gasteiger partial charge in [0.1, 0.15) is 11.4 Å². The van der Waals surface area contributed by atoms with Gasteiger partial charge in [-0.15, -0.1) is 11.3 Å².